The van der Waals surface area contributed by atoms with Crippen LogP contribution >= 0.6 is 0 Å². The van der Waals surface area contributed by atoms with Crippen LogP contribution < -0.4 is 5.32 Å². The number of aromatic nitrogens is 2. The fourth-order valence-electron chi connectivity index (χ4n) is 1.72. The number of hydrogen-bond acceptors (Lipinski definition) is 5. The minimum Gasteiger partial charge on any atom is -0.464 e. The number of hydrogen-bond donors (Lipinski definition) is 1. The molecule has 2 rings (SSSR count). The van der Waals surface area contributed by atoms with E-state index in [1.807, 2.05) is 25.1 Å². The van der Waals surface area contributed by atoms with Gasteiger partial charge in [0.05, 0.1) is 7.11 Å². The minimum absolute atomic E-state index is 0.107. The Hall–Kier alpha value is -2.43. The fourth-order valence-corrected chi connectivity index (χ4v) is 1.72. The van der Waals surface area contributed by atoms with Gasteiger partial charge in [0.1, 0.15) is 5.69 Å². The maximum atomic E-state index is 11.4. The Morgan fingerprint density at radius 1 is 1.26 bits per heavy atom. The molecule has 1 unspecified atom stereocenters. The Morgan fingerprint density at radius 3 is 2.68 bits per heavy atom. The van der Waals surface area contributed by atoms with E-state index in [0.717, 1.165) is 11.3 Å². The van der Waals surface area contributed by atoms with Crippen LogP contribution in [0.1, 0.15) is 29.0 Å². The average molecular weight is 257 g/mol. The van der Waals surface area contributed by atoms with E-state index < -0.39 is 5.97 Å². The lowest BCUT2D eigenvalue weighted by Crippen LogP contribution is -2.09. The first-order valence-electron chi connectivity index (χ1n) is 5.91. The number of carbonyl (C=O) groups excluding carboxylic acids is 1. The Bertz CT molecular complexity index is 558. The zero-order chi connectivity index (χ0) is 13.7. The standard InChI is InChI=1S/C14H15N3O2/c1-10(11-3-6-15-7-4-11)17-12-5-8-16-13(9-12)14(18)19-2/h3-10H,1-2H3,(H,16,17). The molecule has 0 bridgehead atoms. The van der Waals surface area contributed by atoms with Crippen molar-refractivity contribution in [2.45, 2.75) is 13.0 Å². The lowest BCUT2D eigenvalue weighted by atomic mass is 10.1. The number of esters is 1. The molecular weight excluding hydrogens is 242 g/mol. The molecule has 2 aromatic rings. The normalized spacial score (nSPS) is 11.7. The molecule has 0 aliphatic carbocycles. The van der Waals surface area contributed by atoms with E-state index >= 15 is 0 Å². The Kier molecular flexibility index (Phi) is 4.07. The third-order valence-electron chi connectivity index (χ3n) is 2.74. The van der Waals surface area contributed by atoms with Gasteiger partial charge in [-0.25, -0.2) is 9.78 Å². The van der Waals surface area contributed by atoms with Gasteiger partial charge < -0.3 is 10.1 Å². The average Bonchev–Trinajstić information content (AvgIpc) is 2.47. The van der Waals surface area contributed by atoms with Gasteiger partial charge in [0.25, 0.3) is 0 Å². The van der Waals surface area contributed by atoms with Gasteiger partial charge in [-0.3, -0.25) is 4.98 Å². The summed E-state index contributed by atoms with van der Waals surface area (Å²) in [4.78, 5) is 19.4. The number of ether oxygens (including phenoxy) is 1. The first kappa shape index (κ1) is 13.0. The van der Waals surface area contributed by atoms with E-state index in [9.17, 15) is 4.79 Å². The van der Waals surface area contributed by atoms with Gasteiger partial charge in [0, 0.05) is 30.3 Å². The molecule has 98 valence electrons. The second-order valence-electron chi connectivity index (χ2n) is 4.07. The topological polar surface area (TPSA) is 64.1 Å². The van der Waals surface area contributed by atoms with Crippen molar-refractivity contribution in [1.29, 1.82) is 0 Å². The summed E-state index contributed by atoms with van der Waals surface area (Å²) < 4.78 is 4.64. The molecule has 1 N–H and O–H groups in total. The molecule has 0 amide bonds. The summed E-state index contributed by atoms with van der Waals surface area (Å²) in [6.45, 7) is 2.04. The van der Waals surface area contributed by atoms with Crippen molar-refractivity contribution in [2.75, 3.05) is 12.4 Å². The largest absolute Gasteiger partial charge is 0.464 e. The molecule has 0 radical (unpaired) electrons. The van der Waals surface area contributed by atoms with Crippen molar-refractivity contribution in [2.24, 2.45) is 0 Å². The number of pyridine rings is 2. The van der Waals surface area contributed by atoms with Gasteiger partial charge in [-0.1, -0.05) is 0 Å². The molecule has 0 aliphatic heterocycles. The van der Waals surface area contributed by atoms with E-state index in [-0.39, 0.29) is 11.7 Å². The summed E-state index contributed by atoms with van der Waals surface area (Å²) in [6.07, 6.45) is 5.08. The Morgan fingerprint density at radius 2 is 2.00 bits per heavy atom. The second kappa shape index (κ2) is 5.95. The van der Waals surface area contributed by atoms with Gasteiger partial charge in [0.15, 0.2) is 0 Å². The molecule has 2 heterocycles. The molecule has 5 nitrogen and oxygen atoms in total. The first-order valence-corrected chi connectivity index (χ1v) is 5.91. The van der Waals surface area contributed by atoms with Crippen molar-refractivity contribution in [1.82, 2.24) is 9.97 Å². The highest BCUT2D eigenvalue weighted by atomic mass is 16.5. The Balaban J connectivity index is 2.13. The molecule has 0 saturated carbocycles. The Labute approximate surface area is 111 Å². The highest BCUT2D eigenvalue weighted by Crippen LogP contribution is 2.18. The highest BCUT2D eigenvalue weighted by molar-refractivity contribution is 5.88. The smallest absolute Gasteiger partial charge is 0.356 e. The van der Waals surface area contributed by atoms with Gasteiger partial charge in [-0.05, 0) is 36.8 Å². The summed E-state index contributed by atoms with van der Waals surface area (Å²) in [6, 6.07) is 7.48. The fraction of sp³-hybridized carbons (Fsp3) is 0.214. The maximum Gasteiger partial charge on any atom is 0.356 e. The summed E-state index contributed by atoms with van der Waals surface area (Å²) in [5, 5.41) is 3.30. The van der Waals surface area contributed by atoms with Crippen molar-refractivity contribution >= 4 is 11.7 Å². The number of nitrogens with one attached hydrogen (secondary N) is 1. The van der Waals surface area contributed by atoms with Crippen LogP contribution in [0.3, 0.4) is 0 Å². The predicted molar refractivity (Wildman–Crippen MR) is 71.9 cm³/mol. The van der Waals surface area contributed by atoms with Crippen LogP contribution in [0, 0.1) is 0 Å². The van der Waals surface area contributed by atoms with E-state index in [2.05, 4.69) is 20.0 Å². The van der Waals surface area contributed by atoms with Crippen LogP contribution in [-0.2, 0) is 4.74 Å². The SMILES string of the molecule is COC(=O)c1cc(NC(C)c2ccncc2)ccn1. The third kappa shape index (κ3) is 3.28. The zero-order valence-electron chi connectivity index (χ0n) is 10.8. The van der Waals surface area contributed by atoms with Gasteiger partial charge in [0.2, 0.25) is 0 Å². The maximum absolute atomic E-state index is 11.4. The minimum atomic E-state index is -0.444. The number of carbonyl (C=O) groups is 1. The monoisotopic (exact) mass is 257 g/mol. The molecule has 0 spiro atoms. The second-order valence-corrected chi connectivity index (χ2v) is 4.07. The van der Waals surface area contributed by atoms with Crippen molar-refractivity contribution in [3.8, 4) is 0 Å². The van der Waals surface area contributed by atoms with Crippen LogP contribution in [0.25, 0.3) is 0 Å². The number of rotatable bonds is 4. The molecule has 0 aromatic carbocycles. The van der Waals surface area contributed by atoms with E-state index in [1.165, 1.54) is 7.11 Å². The summed E-state index contributed by atoms with van der Waals surface area (Å²) in [5.41, 5.74) is 2.22. The van der Waals surface area contributed by atoms with Crippen LogP contribution in [0.4, 0.5) is 5.69 Å². The molecule has 0 fully saturated rings. The quantitative estimate of drug-likeness (QED) is 0.852. The van der Waals surface area contributed by atoms with Crippen LogP contribution in [-0.4, -0.2) is 23.0 Å². The molecule has 0 saturated heterocycles. The molecule has 0 aliphatic rings. The zero-order valence-corrected chi connectivity index (χ0v) is 10.8. The first-order chi connectivity index (χ1) is 9.20. The molecule has 19 heavy (non-hydrogen) atoms. The van der Waals surface area contributed by atoms with Crippen molar-refractivity contribution in [3.05, 3.63) is 54.1 Å². The highest BCUT2D eigenvalue weighted by Gasteiger charge is 2.09. The summed E-state index contributed by atoms with van der Waals surface area (Å²) in [5.74, 6) is -0.444. The van der Waals surface area contributed by atoms with Gasteiger partial charge in [-0.2, -0.15) is 0 Å². The number of nitrogens with zero attached hydrogens (tertiary/aromatic N) is 2. The van der Waals surface area contributed by atoms with Gasteiger partial charge in [-0.15, -0.1) is 0 Å². The van der Waals surface area contributed by atoms with E-state index in [1.54, 1.807) is 24.7 Å². The van der Waals surface area contributed by atoms with E-state index in [4.69, 9.17) is 0 Å². The van der Waals surface area contributed by atoms with Crippen molar-refractivity contribution < 1.29 is 9.53 Å². The lowest BCUT2D eigenvalue weighted by Gasteiger charge is -2.15. The molecular formula is C14H15N3O2. The lowest BCUT2D eigenvalue weighted by molar-refractivity contribution is 0.0594. The predicted octanol–water partition coefficient (Wildman–Crippen LogP) is 2.44. The number of methoxy groups -OCH3 is 1. The summed E-state index contributed by atoms with van der Waals surface area (Å²) in [7, 11) is 1.34. The molecule has 5 heteroatoms. The third-order valence-corrected chi connectivity index (χ3v) is 2.74. The van der Waals surface area contributed by atoms with Crippen LogP contribution in [0.2, 0.25) is 0 Å². The molecule has 2 aromatic heterocycles. The van der Waals surface area contributed by atoms with Crippen LogP contribution in [0.5, 0.6) is 0 Å². The molecule has 1 atom stereocenters. The van der Waals surface area contributed by atoms with Crippen LogP contribution in [0.15, 0.2) is 42.9 Å². The van der Waals surface area contributed by atoms with Crippen molar-refractivity contribution in [3.63, 3.8) is 0 Å². The van der Waals surface area contributed by atoms with E-state index in [0.29, 0.717) is 0 Å². The number of anilines is 1. The van der Waals surface area contributed by atoms with Gasteiger partial charge >= 0.3 is 5.97 Å². The summed E-state index contributed by atoms with van der Waals surface area (Å²) >= 11 is 0.